The minimum Gasteiger partial charge on any atom is -0.304 e. The Morgan fingerprint density at radius 2 is 1.75 bits per heavy atom. The van der Waals surface area contributed by atoms with E-state index in [1.54, 1.807) is 24.3 Å². The summed E-state index contributed by atoms with van der Waals surface area (Å²) in [6, 6.07) is 12.7. The molecule has 2 aromatic heterocycles. The zero-order valence-corrected chi connectivity index (χ0v) is 12.1. The lowest BCUT2D eigenvalue weighted by Crippen LogP contribution is -1.96. The smallest absolute Gasteiger partial charge is 0.175 e. The molecule has 3 rings (SSSR count). The first-order valence-electron chi connectivity index (χ1n) is 6.20. The molecule has 0 saturated heterocycles. The normalized spacial score (nSPS) is 11.9. The maximum absolute atomic E-state index is 11.4. The number of aryl methyl sites for hydroxylation is 1. The standard InChI is InChI=1S/C15H14N2O2S/c1-11-4-3-5-15-16-14(10-17(11)15)12-6-8-13(9-7-12)20(2,18)19/h3-10H,1-2H3. The van der Waals surface area contributed by atoms with Crippen LogP contribution in [0.5, 0.6) is 0 Å². The minimum atomic E-state index is -3.16. The van der Waals surface area contributed by atoms with E-state index in [1.165, 1.54) is 6.26 Å². The summed E-state index contributed by atoms with van der Waals surface area (Å²) in [6.07, 6.45) is 3.16. The van der Waals surface area contributed by atoms with Crippen molar-refractivity contribution in [2.24, 2.45) is 0 Å². The van der Waals surface area contributed by atoms with Crippen molar-refractivity contribution in [3.63, 3.8) is 0 Å². The Kier molecular flexibility index (Phi) is 2.87. The molecule has 0 fully saturated rings. The van der Waals surface area contributed by atoms with Crippen LogP contribution in [0.2, 0.25) is 0 Å². The molecule has 1 aromatic carbocycles. The zero-order chi connectivity index (χ0) is 14.3. The first-order chi connectivity index (χ1) is 9.45. The molecule has 0 aliphatic heterocycles. The third-order valence-corrected chi connectivity index (χ3v) is 4.40. The molecular weight excluding hydrogens is 272 g/mol. The maximum Gasteiger partial charge on any atom is 0.175 e. The predicted molar refractivity (Wildman–Crippen MR) is 78.5 cm³/mol. The average Bonchev–Trinajstić information content (AvgIpc) is 2.83. The first-order valence-corrected chi connectivity index (χ1v) is 8.09. The first kappa shape index (κ1) is 12.9. The van der Waals surface area contributed by atoms with Crippen LogP contribution in [-0.2, 0) is 9.84 Å². The van der Waals surface area contributed by atoms with Gasteiger partial charge in [-0.05, 0) is 31.2 Å². The van der Waals surface area contributed by atoms with Crippen molar-refractivity contribution in [1.82, 2.24) is 9.38 Å². The summed E-state index contributed by atoms with van der Waals surface area (Å²) in [6.45, 7) is 2.02. The molecule has 0 radical (unpaired) electrons. The van der Waals surface area contributed by atoms with Gasteiger partial charge in [-0.25, -0.2) is 13.4 Å². The van der Waals surface area contributed by atoms with Gasteiger partial charge < -0.3 is 4.40 Å². The monoisotopic (exact) mass is 286 g/mol. The van der Waals surface area contributed by atoms with E-state index in [4.69, 9.17) is 0 Å². The summed E-state index contributed by atoms with van der Waals surface area (Å²) in [7, 11) is -3.16. The summed E-state index contributed by atoms with van der Waals surface area (Å²) < 4.78 is 24.9. The molecule has 0 spiro atoms. The van der Waals surface area contributed by atoms with Crippen LogP contribution in [0.25, 0.3) is 16.9 Å². The number of aromatic nitrogens is 2. The van der Waals surface area contributed by atoms with Crippen molar-refractivity contribution in [2.45, 2.75) is 11.8 Å². The summed E-state index contributed by atoms with van der Waals surface area (Å²) >= 11 is 0. The number of benzene rings is 1. The zero-order valence-electron chi connectivity index (χ0n) is 11.2. The number of fused-ring (bicyclic) bond motifs is 1. The number of sulfone groups is 1. The van der Waals surface area contributed by atoms with Crippen LogP contribution in [0.15, 0.2) is 53.6 Å². The van der Waals surface area contributed by atoms with E-state index in [0.717, 1.165) is 22.6 Å². The van der Waals surface area contributed by atoms with Gasteiger partial charge >= 0.3 is 0 Å². The van der Waals surface area contributed by atoms with E-state index in [9.17, 15) is 8.42 Å². The maximum atomic E-state index is 11.4. The van der Waals surface area contributed by atoms with Gasteiger partial charge in [-0.1, -0.05) is 18.2 Å². The second-order valence-electron chi connectivity index (χ2n) is 4.82. The van der Waals surface area contributed by atoms with Gasteiger partial charge in [-0.3, -0.25) is 0 Å². The van der Waals surface area contributed by atoms with Crippen LogP contribution in [-0.4, -0.2) is 24.1 Å². The molecule has 0 N–H and O–H groups in total. The number of hydrogen-bond donors (Lipinski definition) is 0. The fourth-order valence-electron chi connectivity index (χ4n) is 2.16. The average molecular weight is 286 g/mol. The van der Waals surface area contributed by atoms with Crippen molar-refractivity contribution in [3.8, 4) is 11.3 Å². The van der Waals surface area contributed by atoms with E-state index in [2.05, 4.69) is 4.98 Å². The van der Waals surface area contributed by atoms with Crippen molar-refractivity contribution < 1.29 is 8.42 Å². The molecule has 102 valence electrons. The molecule has 5 heteroatoms. The molecule has 3 aromatic rings. The van der Waals surface area contributed by atoms with Crippen LogP contribution in [0, 0.1) is 6.92 Å². The molecule has 0 atom stereocenters. The molecule has 0 amide bonds. The summed E-state index contributed by atoms with van der Waals surface area (Å²) in [5.74, 6) is 0. The highest BCUT2D eigenvalue weighted by molar-refractivity contribution is 7.90. The van der Waals surface area contributed by atoms with Crippen LogP contribution in [0.1, 0.15) is 5.69 Å². The molecule has 0 aliphatic rings. The lowest BCUT2D eigenvalue weighted by Gasteiger charge is -1.99. The fourth-order valence-corrected chi connectivity index (χ4v) is 2.79. The van der Waals surface area contributed by atoms with Gasteiger partial charge in [0.1, 0.15) is 5.65 Å². The van der Waals surface area contributed by atoms with Crippen molar-refractivity contribution in [1.29, 1.82) is 0 Å². The van der Waals surface area contributed by atoms with Gasteiger partial charge in [0.25, 0.3) is 0 Å². The number of rotatable bonds is 2. The van der Waals surface area contributed by atoms with Crippen LogP contribution in [0.3, 0.4) is 0 Å². The van der Waals surface area contributed by atoms with E-state index < -0.39 is 9.84 Å². The number of pyridine rings is 1. The van der Waals surface area contributed by atoms with Crippen molar-refractivity contribution >= 4 is 15.5 Å². The molecular formula is C15H14N2O2S. The highest BCUT2D eigenvalue weighted by Gasteiger charge is 2.09. The van der Waals surface area contributed by atoms with Crippen LogP contribution in [0.4, 0.5) is 0 Å². The SMILES string of the molecule is Cc1cccc2nc(-c3ccc(S(C)(=O)=O)cc3)cn12. The number of nitrogens with zero attached hydrogens (tertiary/aromatic N) is 2. The topological polar surface area (TPSA) is 51.4 Å². The summed E-state index contributed by atoms with van der Waals surface area (Å²) in [4.78, 5) is 4.87. The molecule has 0 aliphatic carbocycles. The van der Waals surface area contributed by atoms with Gasteiger partial charge in [0.05, 0.1) is 10.6 Å². The predicted octanol–water partition coefficient (Wildman–Crippen LogP) is 2.71. The van der Waals surface area contributed by atoms with Gasteiger partial charge in [-0.15, -0.1) is 0 Å². The van der Waals surface area contributed by atoms with Crippen LogP contribution >= 0.6 is 0 Å². The van der Waals surface area contributed by atoms with E-state index in [-0.39, 0.29) is 0 Å². The quantitative estimate of drug-likeness (QED) is 0.728. The summed E-state index contributed by atoms with van der Waals surface area (Å²) in [5, 5.41) is 0. The van der Waals surface area contributed by atoms with E-state index in [1.807, 2.05) is 35.7 Å². The van der Waals surface area contributed by atoms with Gasteiger partial charge in [0, 0.05) is 23.7 Å². The molecule has 0 bridgehead atoms. The highest BCUT2D eigenvalue weighted by Crippen LogP contribution is 2.21. The lowest BCUT2D eigenvalue weighted by molar-refractivity contribution is 0.602. The molecule has 0 saturated carbocycles. The third-order valence-electron chi connectivity index (χ3n) is 3.27. The minimum absolute atomic E-state index is 0.321. The molecule has 4 nitrogen and oxygen atoms in total. The number of hydrogen-bond acceptors (Lipinski definition) is 3. The Morgan fingerprint density at radius 3 is 2.35 bits per heavy atom. The Hall–Kier alpha value is -2.14. The number of imidazole rings is 1. The largest absolute Gasteiger partial charge is 0.304 e. The fraction of sp³-hybridized carbons (Fsp3) is 0.133. The molecule has 20 heavy (non-hydrogen) atoms. The van der Waals surface area contributed by atoms with Crippen molar-refractivity contribution in [3.05, 3.63) is 54.4 Å². The van der Waals surface area contributed by atoms with E-state index in [0.29, 0.717) is 4.90 Å². The third kappa shape index (κ3) is 2.20. The second kappa shape index (κ2) is 4.45. The Balaban J connectivity index is 2.09. The van der Waals surface area contributed by atoms with Gasteiger partial charge in [-0.2, -0.15) is 0 Å². The van der Waals surface area contributed by atoms with Crippen LogP contribution < -0.4 is 0 Å². The Morgan fingerprint density at radius 1 is 1.05 bits per heavy atom. The molecule has 2 heterocycles. The second-order valence-corrected chi connectivity index (χ2v) is 6.83. The van der Waals surface area contributed by atoms with Gasteiger partial charge in [0.15, 0.2) is 9.84 Å². The highest BCUT2D eigenvalue weighted by atomic mass is 32.2. The van der Waals surface area contributed by atoms with E-state index >= 15 is 0 Å². The summed E-state index contributed by atoms with van der Waals surface area (Å²) in [5.41, 5.74) is 3.72. The Labute approximate surface area is 117 Å². The molecule has 0 unspecified atom stereocenters. The lowest BCUT2D eigenvalue weighted by atomic mass is 10.2. The van der Waals surface area contributed by atoms with Crippen molar-refractivity contribution in [2.75, 3.05) is 6.26 Å². The van der Waals surface area contributed by atoms with Gasteiger partial charge in [0.2, 0.25) is 0 Å². The Bertz CT molecular complexity index is 878.